The van der Waals surface area contributed by atoms with Crippen LogP contribution in [-0.4, -0.2) is 64.9 Å². The zero-order valence-electron chi connectivity index (χ0n) is 15.6. The van der Waals surface area contributed by atoms with E-state index in [9.17, 15) is 4.79 Å². The van der Waals surface area contributed by atoms with Crippen molar-refractivity contribution >= 4 is 11.7 Å². The maximum absolute atomic E-state index is 12.8. The van der Waals surface area contributed by atoms with Gasteiger partial charge in [0.2, 0.25) is 0 Å². The number of hydrogen-bond acceptors (Lipinski definition) is 5. The summed E-state index contributed by atoms with van der Waals surface area (Å²) < 4.78 is 0. The lowest BCUT2D eigenvalue weighted by Gasteiger charge is -2.33. The highest BCUT2D eigenvalue weighted by atomic mass is 16.2. The second-order valence-corrected chi connectivity index (χ2v) is 6.57. The van der Waals surface area contributed by atoms with Gasteiger partial charge in [0.1, 0.15) is 17.3 Å². The van der Waals surface area contributed by atoms with Crippen molar-refractivity contribution in [3.63, 3.8) is 0 Å². The summed E-state index contributed by atoms with van der Waals surface area (Å²) in [6.07, 6.45) is 0.909. The van der Waals surface area contributed by atoms with Crippen LogP contribution in [0.3, 0.4) is 0 Å². The Bertz CT molecular complexity index is 726. The lowest BCUT2D eigenvalue weighted by Crippen LogP contribution is -2.48. The maximum Gasteiger partial charge on any atom is 0.272 e. The number of likely N-dealkylation sites (N-methyl/N-ethyl adjacent to an activating group) is 1. The minimum absolute atomic E-state index is 0.00244. The van der Waals surface area contributed by atoms with Crippen molar-refractivity contribution in [2.24, 2.45) is 0 Å². The molecule has 1 N–H and O–H groups in total. The zero-order valence-corrected chi connectivity index (χ0v) is 15.6. The molecule has 1 saturated heterocycles. The Morgan fingerprint density at radius 1 is 1.12 bits per heavy atom. The van der Waals surface area contributed by atoms with Gasteiger partial charge in [0.05, 0.1) is 0 Å². The van der Waals surface area contributed by atoms with E-state index < -0.39 is 0 Å². The first-order valence-corrected chi connectivity index (χ1v) is 9.31. The number of aromatic nitrogens is 2. The first-order valence-electron chi connectivity index (χ1n) is 9.31. The molecule has 1 aromatic carbocycles. The largest absolute Gasteiger partial charge is 0.370 e. The van der Waals surface area contributed by atoms with Crippen LogP contribution in [0.2, 0.25) is 0 Å². The standard InChI is InChI=1S/C20H27N5O/c1-3-24-11-13-25(14-12-24)20(26)18-15-19(23-16(2)22-18)21-10-9-17-7-5-4-6-8-17/h4-8,15H,3,9-14H2,1-2H3,(H,21,22,23). The van der Waals surface area contributed by atoms with E-state index in [-0.39, 0.29) is 5.91 Å². The third kappa shape index (κ3) is 4.79. The van der Waals surface area contributed by atoms with Gasteiger partial charge in [0.25, 0.3) is 5.91 Å². The maximum atomic E-state index is 12.8. The molecule has 138 valence electrons. The topological polar surface area (TPSA) is 61.4 Å². The van der Waals surface area contributed by atoms with Crippen molar-refractivity contribution in [3.8, 4) is 0 Å². The third-order valence-electron chi connectivity index (χ3n) is 4.73. The SMILES string of the molecule is CCN1CCN(C(=O)c2cc(NCCc3ccccc3)nc(C)n2)CC1. The normalized spacial score (nSPS) is 15.1. The Hall–Kier alpha value is -2.47. The Balaban J connectivity index is 1.61. The summed E-state index contributed by atoms with van der Waals surface area (Å²) in [7, 11) is 0. The number of nitrogens with zero attached hydrogens (tertiary/aromatic N) is 4. The van der Waals surface area contributed by atoms with Crippen LogP contribution in [0.15, 0.2) is 36.4 Å². The highest BCUT2D eigenvalue weighted by Crippen LogP contribution is 2.12. The van der Waals surface area contributed by atoms with Gasteiger partial charge >= 0.3 is 0 Å². The van der Waals surface area contributed by atoms with Crippen molar-refractivity contribution in [3.05, 3.63) is 53.5 Å². The smallest absolute Gasteiger partial charge is 0.272 e. The second kappa shape index (κ2) is 8.76. The van der Waals surface area contributed by atoms with E-state index in [2.05, 4.69) is 39.2 Å². The molecular formula is C20H27N5O. The minimum atomic E-state index is -0.00244. The van der Waals surface area contributed by atoms with Crippen LogP contribution in [0.25, 0.3) is 0 Å². The van der Waals surface area contributed by atoms with Gasteiger partial charge in [-0.1, -0.05) is 37.3 Å². The Morgan fingerprint density at radius 3 is 2.54 bits per heavy atom. The van der Waals surface area contributed by atoms with Crippen LogP contribution in [0, 0.1) is 6.92 Å². The van der Waals surface area contributed by atoms with E-state index >= 15 is 0 Å². The summed E-state index contributed by atoms with van der Waals surface area (Å²) in [6.45, 7) is 9.14. The summed E-state index contributed by atoms with van der Waals surface area (Å²) in [5, 5.41) is 3.32. The van der Waals surface area contributed by atoms with E-state index in [1.165, 1.54) is 5.56 Å². The second-order valence-electron chi connectivity index (χ2n) is 6.57. The highest BCUT2D eigenvalue weighted by molar-refractivity contribution is 5.93. The van der Waals surface area contributed by atoms with Crippen molar-refractivity contribution in [2.45, 2.75) is 20.3 Å². The number of aryl methyl sites for hydroxylation is 1. The molecule has 3 rings (SSSR count). The summed E-state index contributed by atoms with van der Waals surface area (Å²) in [5.41, 5.74) is 1.75. The average molecular weight is 353 g/mol. The predicted molar refractivity (Wildman–Crippen MR) is 103 cm³/mol. The number of carbonyl (C=O) groups excluding carboxylic acids is 1. The van der Waals surface area contributed by atoms with E-state index in [0.717, 1.165) is 45.7 Å². The molecule has 1 aliphatic heterocycles. The number of hydrogen-bond donors (Lipinski definition) is 1. The van der Waals surface area contributed by atoms with Crippen LogP contribution >= 0.6 is 0 Å². The van der Waals surface area contributed by atoms with E-state index in [1.54, 1.807) is 6.07 Å². The summed E-state index contributed by atoms with van der Waals surface area (Å²) in [6, 6.07) is 12.1. The molecule has 0 aliphatic carbocycles. The molecule has 26 heavy (non-hydrogen) atoms. The number of carbonyl (C=O) groups is 1. The molecule has 1 aliphatic rings. The molecule has 0 spiro atoms. The van der Waals surface area contributed by atoms with Crippen LogP contribution in [-0.2, 0) is 6.42 Å². The van der Waals surface area contributed by atoms with Crippen molar-refractivity contribution in [1.29, 1.82) is 0 Å². The predicted octanol–water partition coefficient (Wildman–Crippen LogP) is 2.22. The van der Waals surface area contributed by atoms with Crippen LogP contribution < -0.4 is 5.32 Å². The van der Waals surface area contributed by atoms with E-state index in [4.69, 9.17) is 0 Å². The number of rotatable bonds is 6. The Kier molecular flexibility index (Phi) is 6.17. The Morgan fingerprint density at radius 2 is 1.85 bits per heavy atom. The molecule has 0 radical (unpaired) electrons. The van der Waals surface area contributed by atoms with Crippen molar-refractivity contribution in [1.82, 2.24) is 19.8 Å². The van der Waals surface area contributed by atoms with E-state index in [1.807, 2.05) is 30.0 Å². The van der Waals surface area contributed by atoms with Crippen LogP contribution in [0.1, 0.15) is 28.8 Å². The fourth-order valence-corrected chi connectivity index (χ4v) is 3.18. The van der Waals surface area contributed by atoms with Crippen LogP contribution in [0.4, 0.5) is 5.82 Å². The first-order chi connectivity index (χ1) is 12.7. The lowest BCUT2D eigenvalue weighted by molar-refractivity contribution is 0.0637. The molecular weight excluding hydrogens is 326 g/mol. The number of benzene rings is 1. The first kappa shape index (κ1) is 18.3. The number of anilines is 1. The summed E-state index contributed by atoms with van der Waals surface area (Å²) in [5.74, 6) is 1.33. The fraction of sp³-hybridized carbons (Fsp3) is 0.450. The Labute approximate surface area is 155 Å². The highest BCUT2D eigenvalue weighted by Gasteiger charge is 2.22. The molecule has 6 heteroatoms. The number of piperazine rings is 1. The van der Waals surface area contributed by atoms with Gasteiger partial charge in [0, 0.05) is 38.8 Å². The molecule has 1 aromatic heterocycles. The third-order valence-corrected chi connectivity index (χ3v) is 4.73. The zero-order chi connectivity index (χ0) is 18.4. The summed E-state index contributed by atoms with van der Waals surface area (Å²) >= 11 is 0. The minimum Gasteiger partial charge on any atom is -0.370 e. The van der Waals surface area contributed by atoms with Crippen molar-refractivity contribution < 1.29 is 4.79 Å². The van der Waals surface area contributed by atoms with Crippen LogP contribution in [0.5, 0.6) is 0 Å². The molecule has 0 saturated carbocycles. The molecule has 0 atom stereocenters. The average Bonchev–Trinajstić information content (AvgIpc) is 2.68. The molecule has 1 fully saturated rings. The van der Waals surface area contributed by atoms with Gasteiger partial charge in [-0.15, -0.1) is 0 Å². The monoisotopic (exact) mass is 353 g/mol. The molecule has 0 unspecified atom stereocenters. The van der Waals surface area contributed by atoms with Gasteiger partial charge in [0.15, 0.2) is 0 Å². The quantitative estimate of drug-likeness (QED) is 0.863. The van der Waals surface area contributed by atoms with Crippen molar-refractivity contribution in [2.75, 3.05) is 44.6 Å². The molecule has 0 bridgehead atoms. The van der Waals surface area contributed by atoms with Gasteiger partial charge in [-0.05, 0) is 25.5 Å². The molecule has 6 nitrogen and oxygen atoms in total. The van der Waals surface area contributed by atoms with Gasteiger partial charge in [-0.2, -0.15) is 0 Å². The molecule has 2 aromatic rings. The van der Waals surface area contributed by atoms with E-state index in [0.29, 0.717) is 17.3 Å². The van der Waals surface area contributed by atoms with Gasteiger partial charge < -0.3 is 15.1 Å². The molecule has 2 heterocycles. The lowest BCUT2D eigenvalue weighted by atomic mass is 10.1. The summed E-state index contributed by atoms with van der Waals surface area (Å²) in [4.78, 5) is 25.8. The molecule has 1 amide bonds. The van der Waals surface area contributed by atoms with Gasteiger partial charge in [-0.25, -0.2) is 9.97 Å². The number of amides is 1. The van der Waals surface area contributed by atoms with Gasteiger partial charge in [-0.3, -0.25) is 4.79 Å². The number of nitrogens with one attached hydrogen (secondary N) is 1. The fourth-order valence-electron chi connectivity index (χ4n) is 3.18.